The number of hydrogen-bond donors (Lipinski definition) is 0. The highest BCUT2D eigenvalue weighted by Crippen LogP contribution is 2.08. The van der Waals surface area contributed by atoms with E-state index in [9.17, 15) is 4.79 Å². The van der Waals surface area contributed by atoms with Crippen molar-refractivity contribution in [1.29, 1.82) is 0 Å². The van der Waals surface area contributed by atoms with Gasteiger partial charge in [0.2, 0.25) is 0 Å². The van der Waals surface area contributed by atoms with E-state index >= 15 is 0 Å². The quantitative estimate of drug-likeness (QED) is 0.587. The zero-order valence-electron chi connectivity index (χ0n) is 8.44. The largest absolute Gasteiger partial charge is 0.443 e. The molecule has 1 aromatic heterocycles. The molecule has 14 heavy (non-hydrogen) atoms. The molecule has 0 radical (unpaired) electrons. The van der Waals surface area contributed by atoms with E-state index < -0.39 is 11.7 Å². The Morgan fingerprint density at radius 3 is 2.71 bits per heavy atom. The molecule has 0 aliphatic heterocycles. The number of imidazole rings is 1. The van der Waals surface area contributed by atoms with Crippen LogP contribution in [0.4, 0.5) is 4.79 Å². The Kier molecular flexibility index (Phi) is 2.61. The Morgan fingerprint density at radius 2 is 2.29 bits per heavy atom. The fourth-order valence-electron chi connectivity index (χ4n) is 0.812. The minimum Gasteiger partial charge on any atom is -0.443 e. The molecular formula is C10H12N2O2. The summed E-state index contributed by atoms with van der Waals surface area (Å²) in [6, 6.07) is 0. The molecule has 0 saturated carbocycles. The third-order valence-corrected chi connectivity index (χ3v) is 1.33. The van der Waals surface area contributed by atoms with Crippen molar-refractivity contribution in [3.05, 3.63) is 18.2 Å². The summed E-state index contributed by atoms with van der Waals surface area (Å²) in [6.45, 7) is 5.39. The predicted molar refractivity (Wildman–Crippen MR) is 51.8 cm³/mol. The molecule has 74 valence electrons. The molecule has 0 spiro atoms. The van der Waals surface area contributed by atoms with Gasteiger partial charge in [0.25, 0.3) is 0 Å². The van der Waals surface area contributed by atoms with E-state index in [2.05, 4.69) is 10.9 Å². The smallest absolute Gasteiger partial charge is 0.419 e. The van der Waals surface area contributed by atoms with Gasteiger partial charge in [0.05, 0.1) is 6.20 Å². The van der Waals surface area contributed by atoms with Crippen molar-refractivity contribution in [3.63, 3.8) is 0 Å². The second-order valence-corrected chi connectivity index (χ2v) is 3.79. The average Bonchev–Trinajstić information content (AvgIpc) is 2.48. The third-order valence-electron chi connectivity index (χ3n) is 1.33. The first-order valence-electron chi connectivity index (χ1n) is 4.16. The fraction of sp³-hybridized carbons (Fsp3) is 0.400. The molecule has 0 fully saturated rings. The van der Waals surface area contributed by atoms with E-state index in [-0.39, 0.29) is 0 Å². The Labute approximate surface area is 82.9 Å². The maximum atomic E-state index is 11.4. The van der Waals surface area contributed by atoms with Crippen LogP contribution in [0.2, 0.25) is 0 Å². The number of ether oxygens (including phenoxy) is 1. The monoisotopic (exact) mass is 192 g/mol. The standard InChI is InChI=1S/C10H12N2O2/c1-5-8-6-12(7-11-8)9(13)14-10(2,3)4/h1,6-7H,2-4H3. The van der Waals surface area contributed by atoms with Crippen molar-refractivity contribution in [1.82, 2.24) is 9.55 Å². The topological polar surface area (TPSA) is 44.1 Å². The molecule has 0 aliphatic rings. The van der Waals surface area contributed by atoms with Gasteiger partial charge in [-0.3, -0.25) is 0 Å². The molecule has 0 atom stereocenters. The molecule has 0 aliphatic carbocycles. The first kappa shape index (κ1) is 10.3. The maximum Gasteiger partial charge on any atom is 0.419 e. The van der Waals surface area contributed by atoms with E-state index in [1.165, 1.54) is 17.1 Å². The lowest BCUT2D eigenvalue weighted by atomic mass is 10.2. The van der Waals surface area contributed by atoms with E-state index in [0.717, 1.165) is 0 Å². The maximum absolute atomic E-state index is 11.4. The molecule has 1 rings (SSSR count). The van der Waals surface area contributed by atoms with Crippen LogP contribution in [0, 0.1) is 12.3 Å². The molecule has 4 heteroatoms. The number of rotatable bonds is 0. The molecular weight excluding hydrogens is 180 g/mol. The number of carbonyl (C=O) groups is 1. The first-order valence-corrected chi connectivity index (χ1v) is 4.16. The van der Waals surface area contributed by atoms with Crippen LogP contribution in [-0.4, -0.2) is 21.2 Å². The van der Waals surface area contributed by atoms with Crippen LogP contribution in [0.5, 0.6) is 0 Å². The Morgan fingerprint density at radius 1 is 1.64 bits per heavy atom. The Hall–Kier alpha value is -1.76. The van der Waals surface area contributed by atoms with E-state index in [1.807, 2.05) is 0 Å². The molecule has 4 nitrogen and oxygen atoms in total. The van der Waals surface area contributed by atoms with Gasteiger partial charge in [-0.05, 0) is 26.7 Å². The summed E-state index contributed by atoms with van der Waals surface area (Å²) in [5.74, 6) is 2.33. The van der Waals surface area contributed by atoms with Crippen LogP contribution in [0.15, 0.2) is 12.5 Å². The molecule has 1 aromatic rings. The van der Waals surface area contributed by atoms with E-state index in [0.29, 0.717) is 5.69 Å². The summed E-state index contributed by atoms with van der Waals surface area (Å²) < 4.78 is 6.32. The van der Waals surface area contributed by atoms with Gasteiger partial charge < -0.3 is 4.74 Å². The van der Waals surface area contributed by atoms with Crippen molar-refractivity contribution in [2.45, 2.75) is 26.4 Å². The van der Waals surface area contributed by atoms with Gasteiger partial charge >= 0.3 is 6.09 Å². The van der Waals surface area contributed by atoms with Crippen LogP contribution in [0.25, 0.3) is 0 Å². The number of hydrogen-bond acceptors (Lipinski definition) is 3. The van der Waals surface area contributed by atoms with Crippen LogP contribution in [0.1, 0.15) is 26.5 Å². The first-order chi connectivity index (χ1) is 6.42. The SMILES string of the molecule is C#Cc1cn(C(=O)OC(C)(C)C)cn1. The van der Waals surface area contributed by atoms with Gasteiger partial charge in [-0.2, -0.15) is 0 Å². The lowest BCUT2D eigenvalue weighted by Gasteiger charge is -2.18. The summed E-state index contributed by atoms with van der Waals surface area (Å²) in [6.07, 6.45) is 7.42. The molecule has 0 saturated heterocycles. The van der Waals surface area contributed by atoms with Crippen LogP contribution >= 0.6 is 0 Å². The lowest BCUT2D eigenvalue weighted by molar-refractivity contribution is 0.0536. The normalized spacial score (nSPS) is 10.7. The van der Waals surface area contributed by atoms with Crippen LogP contribution in [-0.2, 0) is 4.74 Å². The average molecular weight is 192 g/mol. The van der Waals surface area contributed by atoms with Gasteiger partial charge in [0.1, 0.15) is 17.6 Å². The minimum absolute atomic E-state index is 0.413. The van der Waals surface area contributed by atoms with Crippen LogP contribution in [0.3, 0.4) is 0 Å². The summed E-state index contributed by atoms with van der Waals surface area (Å²) in [5.41, 5.74) is -0.103. The number of carbonyl (C=O) groups excluding carboxylic acids is 1. The zero-order chi connectivity index (χ0) is 10.8. The summed E-state index contributed by atoms with van der Waals surface area (Å²) in [4.78, 5) is 15.2. The minimum atomic E-state index is -0.516. The van der Waals surface area contributed by atoms with E-state index in [1.54, 1.807) is 20.8 Å². The Bertz CT molecular complexity index is 380. The Balaban J connectivity index is 2.76. The van der Waals surface area contributed by atoms with Crippen molar-refractivity contribution in [3.8, 4) is 12.3 Å². The number of aromatic nitrogens is 2. The summed E-state index contributed by atoms with van der Waals surface area (Å²) in [5, 5.41) is 0. The van der Waals surface area contributed by atoms with Gasteiger partial charge in [0.15, 0.2) is 0 Å². The highest BCUT2D eigenvalue weighted by atomic mass is 16.6. The van der Waals surface area contributed by atoms with Crippen LogP contribution < -0.4 is 0 Å². The molecule has 0 unspecified atom stereocenters. The van der Waals surface area contributed by atoms with Gasteiger partial charge in [-0.25, -0.2) is 14.3 Å². The molecule has 1 heterocycles. The van der Waals surface area contributed by atoms with Gasteiger partial charge in [-0.1, -0.05) is 0 Å². The highest BCUT2D eigenvalue weighted by molar-refractivity contribution is 5.70. The second kappa shape index (κ2) is 3.54. The molecule has 0 bridgehead atoms. The summed E-state index contributed by atoms with van der Waals surface area (Å²) in [7, 11) is 0. The molecule has 0 amide bonds. The fourth-order valence-corrected chi connectivity index (χ4v) is 0.812. The summed E-state index contributed by atoms with van der Waals surface area (Å²) >= 11 is 0. The van der Waals surface area contributed by atoms with Crippen molar-refractivity contribution >= 4 is 6.09 Å². The third kappa shape index (κ3) is 2.63. The molecule has 0 N–H and O–H groups in total. The van der Waals surface area contributed by atoms with Crippen molar-refractivity contribution in [2.75, 3.05) is 0 Å². The predicted octanol–water partition coefficient (Wildman–Crippen LogP) is 1.65. The number of terminal acetylenes is 1. The second-order valence-electron chi connectivity index (χ2n) is 3.79. The van der Waals surface area contributed by atoms with Gasteiger partial charge in [-0.15, -0.1) is 6.42 Å². The van der Waals surface area contributed by atoms with Gasteiger partial charge in [0, 0.05) is 0 Å². The highest BCUT2D eigenvalue weighted by Gasteiger charge is 2.17. The van der Waals surface area contributed by atoms with E-state index in [4.69, 9.17) is 11.2 Å². The number of nitrogens with zero attached hydrogens (tertiary/aromatic N) is 2. The van der Waals surface area contributed by atoms with Crippen molar-refractivity contribution < 1.29 is 9.53 Å². The zero-order valence-corrected chi connectivity index (χ0v) is 8.44. The lowest BCUT2D eigenvalue weighted by Crippen LogP contribution is -2.26. The van der Waals surface area contributed by atoms with Crippen molar-refractivity contribution in [2.24, 2.45) is 0 Å². The molecule has 0 aromatic carbocycles.